The number of rotatable bonds is 3. The lowest BCUT2D eigenvalue weighted by Crippen LogP contribution is -2.34. The summed E-state index contributed by atoms with van der Waals surface area (Å²) in [6.07, 6.45) is 0. The molecule has 1 unspecified atom stereocenters. The molecule has 0 aromatic heterocycles. The summed E-state index contributed by atoms with van der Waals surface area (Å²) >= 11 is 3.37. The predicted octanol–water partition coefficient (Wildman–Crippen LogP) is 1.97. The van der Waals surface area contributed by atoms with Crippen LogP contribution in [0.4, 0.5) is 0 Å². The van der Waals surface area contributed by atoms with Gasteiger partial charge in [0, 0.05) is 23.7 Å². The third-order valence-corrected chi connectivity index (χ3v) is 3.02. The molecule has 0 radical (unpaired) electrons. The molecule has 0 aliphatic rings. The van der Waals surface area contributed by atoms with Crippen LogP contribution >= 0.6 is 15.9 Å². The molecular formula is C10H14BrNO2. The van der Waals surface area contributed by atoms with Crippen LogP contribution in [0.3, 0.4) is 0 Å². The smallest absolute Gasteiger partial charge is 0.122 e. The molecule has 0 aliphatic carbocycles. The Morgan fingerprint density at radius 2 is 2.21 bits per heavy atom. The summed E-state index contributed by atoms with van der Waals surface area (Å²) in [5.41, 5.74) is 5.65. The van der Waals surface area contributed by atoms with E-state index in [1.807, 2.05) is 13.0 Å². The standard InChI is InChI=1S/C10H14BrNO2/c1-10(6-12,14-2)9-7(11)4-3-5-8(9)13/h3-5,13H,6,12H2,1-2H3. The minimum Gasteiger partial charge on any atom is -0.508 e. The van der Waals surface area contributed by atoms with Crippen molar-refractivity contribution in [2.24, 2.45) is 5.73 Å². The number of hydrogen-bond donors (Lipinski definition) is 2. The summed E-state index contributed by atoms with van der Waals surface area (Å²) in [4.78, 5) is 0. The second-order valence-corrected chi connectivity index (χ2v) is 4.13. The number of halogens is 1. The minimum absolute atomic E-state index is 0.189. The first-order valence-electron chi connectivity index (χ1n) is 4.28. The van der Waals surface area contributed by atoms with E-state index in [9.17, 15) is 5.11 Å². The van der Waals surface area contributed by atoms with Crippen molar-refractivity contribution in [1.82, 2.24) is 0 Å². The van der Waals surface area contributed by atoms with Crippen molar-refractivity contribution in [1.29, 1.82) is 0 Å². The number of nitrogens with two attached hydrogens (primary N) is 1. The Balaban J connectivity index is 3.29. The lowest BCUT2D eigenvalue weighted by atomic mass is 9.95. The average Bonchev–Trinajstić information content (AvgIpc) is 2.17. The average molecular weight is 260 g/mol. The first-order chi connectivity index (χ1) is 6.55. The largest absolute Gasteiger partial charge is 0.508 e. The zero-order chi connectivity index (χ0) is 10.8. The Morgan fingerprint density at radius 3 is 2.64 bits per heavy atom. The number of ether oxygens (including phenoxy) is 1. The molecule has 1 rings (SSSR count). The normalized spacial score (nSPS) is 15.1. The number of methoxy groups -OCH3 is 1. The summed E-state index contributed by atoms with van der Waals surface area (Å²) < 4.78 is 6.12. The fourth-order valence-electron chi connectivity index (χ4n) is 1.32. The second kappa shape index (κ2) is 4.29. The van der Waals surface area contributed by atoms with E-state index < -0.39 is 5.60 Å². The minimum atomic E-state index is -0.663. The van der Waals surface area contributed by atoms with Gasteiger partial charge in [-0.2, -0.15) is 0 Å². The third-order valence-electron chi connectivity index (χ3n) is 2.36. The Morgan fingerprint density at radius 1 is 1.57 bits per heavy atom. The maximum Gasteiger partial charge on any atom is 0.122 e. The van der Waals surface area contributed by atoms with Gasteiger partial charge in [-0.05, 0) is 19.1 Å². The lowest BCUT2D eigenvalue weighted by Gasteiger charge is -2.28. The van der Waals surface area contributed by atoms with Gasteiger partial charge >= 0.3 is 0 Å². The van der Waals surface area contributed by atoms with E-state index in [4.69, 9.17) is 10.5 Å². The van der Waals surface area contributed by atoms with Crippen LogP contribution in [0.25, 0.3) is 0 Å². The fourth-order valence-corrected chi connectivity index (χ4v) is 2.10. The molecule has 1 atom stereocenters. The first kappa shape index (κ1) is 11.5. The lowest BCUT2D eigenvalue weighted by molar-refractivity contribution is 0.00765. The predicted molar refractivity (Wildman–Crippen MR) is 59.2 cm³/mol. The SMILES string of the molecule is COC(C)(CN)c1c(O)cccc1Br. The molecule has 0 fully saturated rings. The maximum atomic E-state index is 9.72. The zero-order valence-corrected chi connectivity index (χ0v) is 9.84. The molecule has 78 valence electrons. The van der Waals surface area contributed by atoms with Crippen LogP contribution in [0.2, 0.25) is 0 Å². The van der Waals surface area contributed by atoms with Crippen molar-refractivity contribution in [2.45, 2.75) is 12.5 Å². The van der Waals surface area contributed by atoms with Crippen LogP contribution in [0.1, 0.15) is 12.5 Å². The molecule has 0 saturated heterocycles. The Labute approximate surface area is 92.0 Å². The quantitative estimate of drug-likeness (QED) is 0.873. The molecule has 0 spiro atoms. The number of phenolic OH excluding ortho intramolecular Hbond substituents is 1. The van der Waals surface area contributed by atoms with Gasteiger partial charge in [-0.1, -0.05) is 22.0 Å². The van der Waals surface area contributed by atoms with Crippen LogP contribution in [-0.4, -0.2) is 18.8 Å². The summed E-state index contributed by atoms with van der Waals surface area (Å²) in [7, 11) is 1.58. The molecule has 1 aromatic carbocycles. The topological polar surface area (TPSA) is 55.5 Å². The number of aromatic hydroxyl groups is 1. The second-order valence-electron chi connectivity index (χ2n) is 3.27. The van der Waals surface area contributed by atoms with Crippen LogP contribution < -0.4 is 5.73 Å². The fraction of sp³-hybridized carbons (Fsp3) is 0.400. The molecular weight excluding hydrogens is 246 g/mol. The van der Waals surface area contributed by atoms with Crippen molar-refractivity contribution in [3.8, 4) is 5.75 Å². The van der Waals surface area contributed by atoms with Crippen molar-refractivity contribution < 1.29 is 9.84 Å². The van der Waals surface area contributed by atoms with E-state index >= 15 is 0 Å². The summed E-state index contributed by atoms with van der Waals surface area (Å²) in [6.45, 7) is 2.15. The highest BCUT2D eigenvalue weighted by Gasteiger charge is 2.29. The first-order valence-corrected chi connectivity index (χ1v) is 5.07. The van der Waals surface area contributed by atoms with Crippen LogP contribution in [-0.2, 0) is 10.3 Å². The highest BCUT2D eigenvalue weighted by atomic mass is 79.9. The molecule has 0 aliphatic heterocycles. The van der Waals surface area contributed by atoms with Gasteiger partial charge in [-0.15, -0.1) is 0 Å². The van der Waals surface area contributed by atoms with Gasteiger partial charge in [0.25, 0.3) is 0 Å². The molecule has 0 heterocycles. The number of benzene rings is 1. The van der Waals surface area contributed by atoms with Gasteiger partial charge < -0.3 is 15.6 Å². The Hall–Kier alpha value is -0.580. The highest BCUT2D eigenvalue weighted by molar-refractivity contribution is 9.10. The van der Waals surface area contributed by atoms with Crippen molar-refractivity contribution in [3.63, 3.8) is 0 Å². The Kier molecular flexibility index (Phi) is 3.53. The van der Waals surface area contributed by atoms with Gasteiger partial charge in [0.15, 0.2) is 0 Å². The highest BCUT2D eigenvalue weighted by Crippen LogP contribution is 2.36. The van der Waals surface area contributed by atoms with Crippen LogP contribution in [0.15, 0.2) is 22.7 Å². The van der Waals surface area contributed by atoms with E-state index in [2.05, 4.69) is 15.9 Å². The van der Waals surface area contributed by atoms with Crippen molar-refractivity contribution in [2.75, 3.05) is 13.7 Å². The van der Waals surface area contributed by atoms with Crippen LogP contribution in [0.5, 0.6) is 5.75 Å². The zero-order valence-electron chi connectivity index (χ0n) is 8.25. The molecule has 14 heavy (non-hydrogen) atoms. The molecule has 0 saturated carbocycles. The van der Waals surface area contributed by atoms with E-state index in [1.165, 1.54) is 0 Å². The van der Waals surface area contributed by atoms with E-state index in [1.54, 1.807) is 19.2 Å². The van der Waals surface area contributed by atoms with Crippen molar-refractivity contribution >= 4 is 15.9 Å². The Bertz CT molecular complexity index is 304. The van der Waals surface area contributed by atoms with E-state index in [-0.39, 0.29) is 5.75 Å². The number of phenols is 1. The maximum absolute atomic E-state index is 9.72. The van der Waals surface area contributed by atoms with Gasteiger partial charge in [0.1, 0.15) is 11.4 Å². The van der Waals surface area contributed by atoms with Gasteiger partial charge in [0.2, 0.25) is 0 Å². The van der Waals surface area contributed by atoms with Crippen molar-refractivity contribution in [3.05, 3.63) is 28.2 Å². The van der Waals surface area contributed by atoms with Gasteiger partial charge in [-0.3, -0.25) is 0 Å². The molecule has 0 bridgehead atoms. The monoisotopic (exact) mass is 259 g/mol. The van der Waals surface area contributed by atoms with Crippen LogP contribution in [0, 0.1) is 0 Å². The van der Waals surface area contributed by atoms with Gasteiger partial charge in [0.05, 0.1) is 0 Å². The summed E-state index contributed by atoms with van der Waals surface area (Å²) in [5, 5.41) is 9.72. The number of hydrogen-bond acceptors (Lipinski definition) is 3. The molecule has 3 N–H and O–H groups in total. The van der Waals surface area contributed by atoms with E-state index in [0.717, 1.165) is 4.47 Å². The summed E-state index contributed by atoms with van der Waals surface area (Å²) in [6, 6.07) is 5.23. The molecule has 3 nitrogen and oxygen atoms in total. The van der Waals surface area contributed by atoms with E-state index in [0.29, 0.717) is 12.1 Å². The third kappa shape index (κ3) is 1.92. The molecule has 0 amide bonds. The molecule has 1 aromatic rings. The van der Waals surface area contributed by atoms with Gasteiger partial charge in [-0.25, -0.2) is 0 Å². The summed E-state index contributed by atoms with van der Waals surface area (Å²) in [5.74, 6) is 0.189. The molecule has 4 heteroatoms.